The lowest BCUT2D eigenvalue weighted by atomic mass is 9.88. The lowest BCUT2D eigenvalue weighted by Crippen LogP contribution is -2.28. The predicted octanol–water partition coefficient (Wildman–Crippen LogP) is 5.88. The third-order valence-corrected chi connectivity index (χ3v) is 4.47. The largest absolute Gasteiger partial charge is 0.314 e. The van der Waals surface area contributed by atoms with E-state index in [1.54, 1.807) is 0 Å². The Labute approximate surface area is 152 Å². The first-order chi connectivity index (χ1) is 12.2. The lowest BCUT2D eigenvalue weighted by molar-refractivity contribution is 0.521. The third-order valence-electron chi connectivity index (χ3n) is 4.47. The fourth-order valence-corrected chi connectivity index (χ4v) is 3.17. The second-order valence-corrected chi connectivity index (χ2v) is 6.40. The zero-order valence-electron chi connectivity index (χ0n) is 15.2. The highest BCUT2D eigenvalue weighted by Gasteiger charge is 2.14. The van der Waals surface area contributed by atoms with Crippen molar-refractivity contribution >= 4 is 0 Å². The van der Waals surface area contributed by atoms with Crippen LogP contribution >= 0.6 is 0 Å². The highest BCUT2D eigenvalue weighted by molar-refractivity contribution is 5.32. The summed E-state index contributed by atoms with van der Waals surface area (Å²) in [4.78, 5) is 0. The van der Waals surface area contributed by atoms with Gasteiger partial charge in [0.2, 0.25) is 0 Å². The molecule has 2 aromatic rings. The molecule has 25 heavy (non-hydrogen) atoms. The molecular formula is C24H29N. The van der Waals surface area contributed by atoms with Crippen LogP contribution in [0.4, 0.5) is 0 Å². The van der Waals surface area contributed by atoms with Crippen LogP contribution in [-0.2, 0) is 0 Å². The van der Waals surface area contributed by atoms with Gasteiger partial charge in [-0.3, -0.25) is 0 Å². The molecule has 0 bridgehead atoms. The quantitative estimate of drug-likeness (QED) is 0.536. The summed E-state index contributed by atoms with van der Waals surface area (Å²) in [5.41, 5.74) is 3.97. The van der Waals surface area contributed by atoms with Gasteiger partial charge in [0, 0.05) is 12.0 Å². The van der Waals surface area contributed by atoms with Crippen molar-refractivity contribution in [2.45, 2.75) is 31.7 Å². The number of benzene rings is 2. The first-order valence-electron chi connectivity index (χ1n) is 9.02. The molecule has 1 atom stereocenters. The first-order valence-corrected chi connectivity index (χ1v) is 9.02. The molecule has 0 heterocycles. The van der Waals surface area contributed by atoms with Crippen molar-refractivity contribution in [1.29, 1.82) is 0 Å². The maximum absolute atomic E-state index is 3.88. The van der Waals surface area contributed by atoms with Crippen LogP contribution < -0.4 is 5.32 Å². The summed E-state index contributed by atoms with van der Waals surface area (Å²) in [5, 5.41) is 3.65. The van der Waals surface area contributed by atoms with Crippen LogP contribution in [0.1, 0.15) is 36.8 Å². The average molecular weight is 332 g/mol. The zero-order chi connectivity index (χ0) is 17.9. The standard InChI is InChI=1S/C24H29N/c1-4-12-21(5-2)19-20(3)25-18-17-24(22-13-8-6-9-14-22)23-15-10-7-11-16-23/h4-16,20,24-25H,1-2,17-19H2,3H3/b21-12+. The fraction of sp³-hybridized carbons (Fsp3) is 0.250. The van der Waals surface area contributed by atoms with Gasteiger partial charge in [-0.05, 0) is 43.0 Å². The van der Waals surface area contributed by atoms with Crippen molar-refractivity contribution in [3.63, 3.8) is 0 Å². The Hall–Kier alpha value is -2.38. The predicted molar refractivity (Wildman–Crippen MR) is 110 cm³/mol. The molecule has 0 radical (unpaired) electrons. The molecule has 0 aliphatic carbocycles. The summed E-state index contributed by atoms with van der Waals surface area (Å²) in [7, 11) is 0. The van der Waals surface area contributed by atoms with Gasteiger partial charge in [0.05, 0.1) is 0 Å². The number of hydrogen-bond acceptors (Lipinski definition) is 1. The van der Waals surface area contributed by atoms with Gasteiger partial charge in [-0.2, -0.15) is 0 Å². The van der Waals surface area contributed by atoms with Gasteiger partial charge < -0.3 is 5.32 Å². The number of nitrogens with one attached hydrogen (secondary N) is 1. The minimum atomic E-state index is 0.413. The van der Waals surface area contributed by atoms with Gasteiger partial charge in [0.1, 0.15) is 0 Å². The average Bonchev–Trinajstić information content (AvgIpc) is 2.66. The summed E-state index contributed by atoms with van der Waals surface area (Å²) in [6.07, 6.45) is 7.81. The topological polar surface area (TPSA) is 12.0 Å². The first kappa shape index (κ1) is 19.0. The maximum Gasteiger partial charge on any atom is 0.0101 e. The monoisotopic (exact) mass is 331 g/mol. The lowest BCUT2D eigenvalue weighted by Gasteiger charge is -2.20. The Kier molecular flexibility index (Phi) is 7.94. The Bertz CT molecular complexity index is 630. The van der Waals surface area contributed by atoms with Crippen LogP contribution in [0.25, 0.3) is 0 Å². The highest BCUT2D eigenvalue weighted by Crippen LogP contribution is 2.27. The second kappa shape index (κ2) is 10.5. The summed E-state index contributed by atoms with van der Waals surface area (Å²) in [6, 6.07) is 22.0. The summed E-state index contributed by atoms with van der Waals surface area (Å²) < 4.78 is 0. The maximum atomic E-state index is 3.88. The Morgan fingerprint density at radius 3 is 2.00 bits per heavy atom. The van der Waals surface area contributed by atoms with Crippen molar-refractivity contribution < 1.29 is 0 Å². The fourth-order valence-electron chi connectivity index (χ4n) is 3.17. The van der Waals surface area contributed by atoms with Gasteiger partial charge >= 0.3 is 0 Å². The molecule has 130 valence electrons. The van der Waals surface area contributed by atoms with Crippen LogP contribution in [0.5, 0.6) is 0 Å². The molecule has 1 N–H and O–H groups in total. The van der Waals surface area contributed by atoms with Crippen LogP contribution in [0, 0.1) is 0 Å². The molecule has 1 nitrogen and oxygen atoms in total. The van der Waals surface area contributed by atoms with Crippen LogP contribution in [0.2, 0.25) is 0 Å². The van der Waals surface area contributed by atoms with Crippen LogP contribution in [-0.4, -0.2) is 12.6 Å². The molecule has 1 unspecified atom stereocenters. The van der Waals surface area contributed by atoms with E-state index in [0.29, 0.717) is 12.0 Å². The number of rotatable bonds is 10. The Morgan fingerprint density at radius 2 is 1.52 bits per heavy atom. The van der Waals surface area contributed by atoms with Crippen molar-refractivity contribution in [2.75, 3.05) is 6.54 Å². The minimum Gasteiger partial charge on any atom is -0.314 e. The molecule has 0 aliphatic heterocycles. The highest BCUT2D eigenvalue weighted by atomic mass is 14.9. The summed E-state index contributed by atoms with van der Waals surface area (Å²) in [6.45, 7) is 10.8. The summed E-state index contributed by atoms with van der Waals surface area (Å²) in [5.74, 6) is 0.421. The summed E-state index contributed by atoms with van der Waals surface area (Å²) >= 11 is 0. The number of hydrogen-bond donors (Lipinski definition) is 1. The van der Waals surface area contributed by atoms with E-state index in [1.807, 2.05) is 18.2 Å². The molecule has 0 aromatic heterocycles. The van der Waals surface area contributed by atoms with Crippen molar-refractivity contribution in [2.24, 2.45) is 0 Å². The smallest absolute Gasteiger partial charge is 0.0101 e. The van der Waals surface area contributed by atoms with Gasteiger partial charge in [-0.25, -0.2) is 0 Å². The van der Waals surface area contributed by atoms with E-state index >= 15 is 0 Å². The molecule has 0 saturated heterocycles. The van der Waals surface area contributed by atoms with Gasteiger partial charge in [-0.15, -0.1) is 0 Å². The molecule has 2 aromatic carbocycles. The minimum absolute atomic E-state index is 0.413. The third kappa shape index (κ3) is 6.21. The SMILES string of the molecule is C=C/C=C(\C=C)CC(C)NCCC(c1ccccc1)c1ccccc1. The van der Waals surface area contributed by atoms with Crippen LogP contribution in [0.3, 0.4) is 0 Å². The van der Waals surface area contributed by atoms with E-state index < -0.39 is 0 Å². The molecular weight excluding hydrogens is 302 g/mol. The van der Waals surface area contributed by atoms with Gasteiger partial charge in [0.25, 0.3) is 0 Å². The normalized spacial score (nSPS) is 12.8. The van der Waals surface area contributed by atoms with Crippen molar-refractivity contribution in [3.05, 3.63) is 109 Å². The Balaban J connectivity index is 1.98. The molecule has 2 rings (SSSR count). The molecule has 0 aliphatic rings. The van der Waals surface area contributed by atoms with E-state index in [2.05, 4.69) is 86.1 Å². The van der Waals surface area contributed by atoms with E-state index in [4.69, 9.17) is 0 Å². The van der Waals surface area contributed by atoms with E-state index in [0.717, 1.165) is 19.4 Å². The molecule has 0 amide bonds. The van der Waals surface area contributed by atoms with E-state index in [9.17, 15) is 0 Å². The molecule has 0 fully saturated rings. The molecule has 0 saturated carbocycles. The zero-order valence-corrected chi connectivity index (χ0v) is 15.2. The number of allylic oxidation sites excluding steroid dienone is 3. The van der Waals surface area contributed by atoms with Crippen LogP contribution in [0.15, 0.2) is 97.6 Å². The van der Waals surface area contributed by atoms with E-state index in [-0.39, 0.29) is 0 Å². The second-order valence-electron chi connectivity index (χ2n) is 6.40. The molecule has 1 heteroatoms. The van der Waals surface area contributed by atoms with Crippen molar-refractivity contribution in [3.8, 4) is 0 Å². The van der Waals surface area contributed by atoms with E-state index in [1.165, 1.54) is 16.7 Å². The Morgan fingerprint density at radius 1 is 0.960 bits per heavy atom. The van der Waals surface area contributed by atoms with Gasteiger partial charge in [0.15, 0.2) is 0 Å². The van der Waals surface area contributed by atoms with Gasteiger partial charge in [-0.1, -0.05) is 92.0 Å². The molecule has 0 spiro atoms. The van der Waals surface area contributed by atoms with Crippen molar-refractivity contribution in [1.82, 2.24) is 5.32 Å².